The van der Waals surface area contributed by atoms with Gasteiger partial charge >= 0.3 is 0 Å². The number of hydrogen-bond acceptors (Lipinski definition) is 9. The molecule has 1 unspecified atom stereocenters. The third-order valence-corrected chi connectivity index (χ3v) is 8.91. The molecule has 4 aliphatic heterocycles. The van der Waals surface area contributed by atoms with Crippen LogP contribution in [0.25, 0.3) is 0 Å². The molecule has 0 radical (unpaired) electrons. The summed E-state index contributed by atoms with van der Waals surface area (Å²) in [6, 6.07) is 1.20. The van der Waals surface area contributed by atoms with Crippen LogP contribution in [0.15, 0.2) is 0 Å². The summed E-state index contributed by atoms with van der Waals surface area (Å²) >= 11 is 0. The van der Waals surface area contributed by atoms with Gasteiger partial charge in [-0.25, -0.2) is 0 Å². The SMILES string of the molecule is CC(C)(C)N1CC(O)C1.CC(C)(C)N1CCC(O)C1.CC(C)N1CCC(O)(CO)CC1.CC(C)N1CCC(O)CC1. The summed E-state index contributed by atoms with van der Waals surface area (Å²) in [4.78, 5) is 9.31. The number of piperidine rings is 2. The van der Waals surface area contributed by atoms with Crippen molar-refractivity contribution in [2.24, 2.45) is 0 Å². The monoisotopic (exact) mass is 589 g/mol. The summed E-state index contributed by atoms with van der Waals surface area (Å²) in [7, 11) is 0. The Morgan fingerprint density at radius 2 is 1.00 bits per heavy atom. The van der Waals surface area contributed by atoms with Gasteiger partial charge in [-0.3, -0.25) is 9.80 Å². The minimum atomic E-state index is -0.800. The highest BCUT2D eigenvalue weighted by atomic mass is 16.3. The highest BCUT2D eigenvalue weighted by Gasteiger charge is 2.33. The molecule has 0 aromatic heterocycles. The molecule has 4 fully saturated rings. The lowest BCUT2D eigenvalue weighted by Gasteiger charge is -2.45. The van der Waals surface area contributed by atoms with Crippen molar-refractivity contribution in [3.05, 3.63) is 0 Å². The van der Waals surface area contributed by atoms with E-state index in [0.717, 1.165) is 71.6 Å². The second-order valence-corrected chi connectivity index (χ2v) is 15.2. The molecule has 0 aliphatic carbocycles. The molecular weight excluding hydrogens is 520 g/mol. The summed E-state index contributed by atoms with van der Waals surface area (Å²) in [5.74, 6) is 0. The first kappa shape index (κ1) is 38.7. The Morgan fingerprint density at radius 1 is 0.610 bits per heavy atom. The van der Waals surface area contributed by atoms with Crippen LogP contribution >= 0.6 is 0 Å². The van der Waals surface area contributed by atoms with Crippen LogP contribution in [0.1, 0.15) is 101 Å². The quantitative estimate of drug-likeness (QED) is 0.339. The van der Waals surface area contributed by atoms with Crippen molar-refractivity contribution in [3.8, 4) is 0 Å². The van der Waals surface area contributed by atoms with Gasteiger partial charge in [-0.2, -0.15) is 0 Å². The molecule has 41 heavy (non-hydrogen) atoms. The maximum Gasteiger partial charge on any atom is 0.0901 e. The Labute approximate surface area is 252 Å². The van der Waals surface area contributed by atoms with E-state index in [1.807, 2.05) is 0 Å². The number of rotatable bonds is 3. The van der Waals surface area contributed by atoms with E-state index in [0.29, 0.717) is 24.9 Å². The summed E-state index contributed by atoms with van der Waals surface area (Å²) in [5, 5.41) is 46.0. The number of aliphatic hydroxyl groups is 5. The third kappa shape index (κ3) is 14.8. The van der Waals surface area contributed by atoms with Crippen LogP contribution in [-0.4, -0.2) is 151 Å². The second-order valence-electron chi connectivity index (χ2n) is 15.2. The van der Waals surface area contributed by atoms with Gasteiger partial charge in [-0.05, 0) is 101 Å². The molecule has 0 amide bonds. The van der Waals surface area contributed by atoms with Crippen LogP contribution in [0, 0.1) is 0 Å². The molecule has 1 atom stereocenters. The van der Waals surface area contributed by atoms with Crippen LogP contribution in [0.4, 0.5) is 0 Å². The van der Waals surface area contributed by atoms with Crippen LogP contribution in [0.3, 0.4) is 0 Å². The zero-order valence-electron chi connectivity index (χ0n) is 28.3. The standard InChI is InChI=1S/C9H19NO2.2C8H17NO.C7H15NO/c1-8(2)10-5-3-9(12,7-11)4-6-10;1-8(2,3)9-5-4-7(10)6-9;1-7(2)9-5-3-8(10)4-6-9;1-7(2,3)8-4-6(9)5-8/h8,11-12H,3-7H2,1-2H3;7,10H,4-6H2,1-3H3;7-8,10H,3-6H2,1-2H3;6,9H,4-5H2,1-3H3. The fraction of sp³-hybridized carbons (Fsp3) is 1.00. The molecule has 0 aromatic rings. The van der Waals surface area contributed by atoms with Crippen molar-refractivity contribution in [3.63, 3.8) is 0 Å². The summed E-state index contributed by atoms with van der Waals surface area (Å²) < 4.78 is 0. The van der Waals surface area contributed by atoms with Gasteiger partial charge in [0, 0.05) is 75.5 Å². The van der Waals surface area contributed by atoms with Crippen molar-refractivity contribution in [2.75, 3.05) is 59.0 Å². The number of hydrogen-bond donors (Lipinski definition) is 5. The largest absolute Gasteiger partial charge is 0.393 e. The number of nitrogens with zero attached hydrogens (tertiary/aromatic N) is 4. The summed E-state index contributed by atoms with van der Waals surface area (Å²) in [6.07, 6.45) is 4.07. The van der Waals surface area contributed by atoms with Gasteiger partial charge in [-0.1, -0.05) is 0 Å². The van der Waals surface area contributed by atoms with Crippen molar-refractivity contribution < 1.29 is 25.5 Å². The number of likely N-dealkylation sites (tertiary alicyclic amines) is 4. The highest BCUT2D eigenvalue weighted by Crippen LogP contribution is 2.23. The lowest BCUT2D eigenvalue weighted by atomic mass is 9.92. The lowest BCUT2D eigenvalue weighted by Crippen LogP contribution is -2.58. The van der Waals surface area contributed by atoms with E-state index in [1.54, 1.807) is 0 Å². The molecular formula is C32H68N4O5. The second kappa shape index (κ2) is 17.2. The van der Waals surface area contributed by atoms with E-state index >= 15 is 0 Å². The highest BCUT2D eigenvalue weighted by molar-refractivity contribution is 4.88. The fourth-order valence-corrected chi connectivity index (χ4v) is 5.37. The topological polar surface area (TPSA) is 114 Å². The maximum atomic E-state index is 9.70. The van der Waals surface area contributed by atoms with Crippen molar-refractivity contribution in [1.29, 1.82) is 0 Å². The zero-order chi connectivity index (χ0) is 31.6. The summed E-state index contributed by atoms with van der Waals surface area (Å²) in [6.45, 7) is 29.2. The predicted molar refractivity (Wildman–Crippen MR) is 169 cm³/mol. The smallest absolute Gasteiger partial charge is 0.0901 e. The van der Waals surface area contributed by atoms with Crippen LogP contribution in [0.5, 0.6) is 0 Å². The van der Waals surface area contributed by atoms with Gasteiger partial charge in [0.25, 0.3) is 0 Å². The van der Waals surface area contributed by atoms with Crippen molar-refractivity contribution >= 4 is 0 Å². The molecule has 0 bridgehead atoms. The number of aliphatic hydroxyl groups excluding tert-OH is 4. The Bertz CT molecular complexity index is 687. The third-order valence-electron chi connectivity index (χ3n) is 8.91. The first-order chi connectivity index (χ1) is 18.8. The Balaban J connectivity index is 0.000000275. The van der Waals surface area contributed by atoms with Crippen molar-refractivity contribution in [2.45, 2.75) is 148 Å². The minimum absolute atomic E-state index is 0.0324. The Morgan fingerprint density at radius 3 is 1.27 bits per heavy atom. The van der Waals surface area contributed by atoms with Gasteiger partial charge < -0.3 is 35.3 Å². The molecule has 5 N–H and O–H groups in total. The van der Waals surface area contributed by atoms with Crippen LogP contribution in [-0.2, 0) is 0 Å². The maximum absolute atomic E-state index is 9.70. The molecule has 0 spiro atoms. The van der Waals surface area contributed by atoms with Crippen LogP contribution in [0.2, 0.25) is 0 Å². The molecule has 9 nitrogen and oxygen atoms in total. The van der Waals surface area contributed by atoms with E-state index in [4.69, 9.17) is 10.2 Å². The molecule has 9 heteroatoms. The molecule has 4 rings (SSSR count). The van der Waals surface area contributed by atoms with E-state index in [-0.39, 0.29) is 36.0 Å². The summed E-state index contributed by atoms with van der Waals surface area (Å²) in [5.41, 5.74) is -0.317. The van der Waals surface area contributed by atoms with E-state index in [1.165, 1.54) is 0 Å². The zero-order valence-corrected chi connectivity index (χ0v) is 28.3. The van der Waals surface area contributed by atoms with Gasteiger partial charge in [0.05, 0.1) is 30.5 Å². The first-order valence-corrected chi connectivity index (χ1v) is 16.1. The van der Waals surface area contributed by atoms with Gasteiger partial charge in [-0.15, -0.1) is 0 Å². The molecule has 4 heterocycles. The normalized spacial score (nSPS) is 25.5. The lowest BCUT2D eigenvalue weighted by molar-refractivity contribution is -0.0637. The van der Waals surface area contributed by atoms with Gasteiger partial charge in [0.15, 0.2) is 0 Å². The van der Waals surface area contributed by atoms with Gasteiger partial charge in [0.2, 0.25) is 0 Å². The molecule has 0 saturated carbocycles. The van der Waals surface area contributed by atoms with Gasteiger partial charge in [0.1, 0.15) is 0 Å². The Kier molecular flexibility index (Phi) is 16.2. The molecule has 0 aromatic carbocycles. The first-order valence-electron chi connectivity index (χ1n) is 16.1. The van der Waals surface area contributed by atoms with Crippen LogP contribution < -0.4 is 0 Å². The predicted octanol–water partition coefficient (Wildman–Crippen LogP) is 2.38. The molecule has 246 valence electrons. The average Bonchev–Trinajstić information content (AvgIpc) is 3.30. The van der Waals surface area contributed by atoms with Crippen molar-refractivity contribution in [1.82, 2.24) is 19.6 Å². The van der Waals surface area contributed by atoms with E-state index in [9.17, 15) is 15.3 Å². The number of β-amino-alcohol motifs (C(OH)–C–C–N with tert-alkyl or cyclic N) is 2. The fourth-order valence-electron chi connectivity index (χ4n) is 5.37. The minimum Gasteiger partial charge on any atom is -0.393 e. The molecule has 4 saturated heterocycles. The van der Waals surface area contributed by atoms with E-state index in [2.05, 4.69) is 88.8 Å². The Hall–Kier alpha value is -0.360. The average molecular weight is 589 g/mol. The van der Waals surface area contributed by atoms with E-state index < -0.39 is 5.60 Å². The molecule has 4 aliphatic rings.